The minimum absolute atomic E-state index is 0.0648. The van der Waals surface area contributed by atoms with Gasteiger partial charge in [-0.15, -0.1) is 0 Å². The molecule has 1 atom stereocenters. The third-order valence-electron chi connectivity index (χ3n) is 3.64. The lowest BCUT2D eigenvalue weighted by Gasteiger charge is -2.35. The Morgan fingerprint density at radius 2 is 2.05 bits per heavy atom. The number of aryl methyl sites for hydroxylation is 1. The van der Waals surface area contributed by atoms with E-state index in [0.29, 0.717) is 6.42 Å². The molecule has 1 aromatic carbocycles. The average Bonchev–Trinajstić information content (AvgIpc) is 2.41. The molecule has 0 saturated carbocycles. The van der Waals surface area contributed by atoms with Gasteiger partial charge < -0.3 is 10.2 Å². The first-order valence-electron chi connectivity index (χ1n) is 6.83. The van der Waals surface area contributed by atoms with E-state index in [9.17, 15) is 9.59 Å². The fraction of sp³-hybridized carbons (Fsp3) is 0.467. The molecule has 0 radical (unpaired) electrons. The average molecular weight is 275 g/mol. The van der Waals surface area contributed by atoms with Crippen LogP contribution in [0.15, 0.2) is 18.2 Å². The van der Waals surface area contributed by atoms with Crippen molar-refractivity contribution in [1.29, 1.82) is 0 Å². The zero-order valence-corrected chi connectivity index (χ0v) is 12.4. The van der Waals surface area contributed by atoms with Gasteiger partial charge in [0.2, 0.25) is 11.8 Å². The van der Waals surface area contributed by atoms with Crippen molar-refractivity contribution in [2.75, 3.05) is 30.4 Å². The first-order chi connectivity index (χ1) is 9.45. The Labute approximate surface area is 119 Å². The van der Waals surface area contributed by atoms with Crippen molar-refractivity contribution in [2.24, 2.45) is 0 Å². The van der Waals surface area contributed by atoms with Crippen molar-refractivity contribution in [3.8, 4) is 0 Å². The second kappa shape index (κ2) is 5.53. The van der Waals surface area contributed by atoms with E-state index in [1.807, 2.05) is 51.0 Å². The Morgan fingerprint density at radius 1 is 1.35 bits per heavy atom. The highest BCUT2D eigenvalue weighted by Crippen LogP contribution is 2.28. The van der Waals surface area contributed by atoms with Crippen LogP contribution in [0.25, 0.3) is 0 Å². The molecule has 1 unspecified atom stereocenters. The number of benzene rings is 1. The number of hydrogen-bond donors (Lipinski definition) is 1. The van der Waals surface area contributed by atoms with E-state index in [4.69, 9.17) is 0 Å². The summed E-state index contributed by atoms with van der Waals surface area (Å²) in [4.78, 5) is 27.7. The van der Waals surface area contributed by atoms with Crippen LogP contribution in [0.3, 0.4) is 0 Å². The van der Waals surface area contributed by atoms with Crippen LogP contribution in [0, 0.1) is 6.92 Å². The molecule has 2 amide bonds. The molecular weight excluding hydrogens is 254 g/mol. The topological polar surface area (TPSA) is 52.7 Å². The molecule has 0 aromatic heterocycles. The van der Waals surface area contributed by atoms with Crippen LogP contribution < -0.4 is 15.1 Å². The maximum absolute atomic E-state index is 12.2. The summed E-state index contributed by atoms with van der Waals surface area (Å²) in [6.07, 6.45) is 0.600. The highest BCUT2D eigenvalue weighted by Gasteiger charge is 2.34. The van der Waals surface area contributed by atoms with Crippen LogP contribution in [0.1, 0.15) is 18.9 Å². The molecule has 1 aliphatic heterocycles. The number of nitrogens with one attached hydrogen (secondary N) is 1. The van der Waals surface area contributed by atoms with Gasteiger partial charge in [0.15, 0.2) is 0 Å². The highest BCUT2D eigenvalue weighted by atomic mass is 16.2. The number of carbonyl (C=O) groups is 2. The van der Waals surface area contributed by atoms with Crippen LogP contribution in [-0.2, 0) is 9.59 Å². The first kappa shape index (κ1) is 14.4. The molecule has 1 fully saturated rings. The predicted molar refractivity (Wildman–Crippen MR) is 80.1 cm³/mol. The van der Waals surface area contributed by atoms with Crippen LogP contribution in [0.5, 0.6) is 0 Å². The van der Waals surface area contributed by atoms with Gasteiger partial charge in [0.25, 0.3) is 0 Å². The SMILES string of the molecule is CCC1C(=O)NCC(=O)N1c1ccc(C)c(N(C)C)c1. The van der Waals surface area contributed by atoms with Gasteiger partial charge in [-0.25, -0.2) is 0 Å². The zero-order chi connectivity index (χ0) is 14.9. The molecule has 0 spiro atoms. The van der Waals surface area contributed by atoms with Crippen LogP contribution in [0.2, 0.25) is 0 Å². The molecule has 1 heterocycles. The van der Waals surface area contributed by atoms with E-state index >= 15 is 0 Å². The molecule has 1 N–H and O–H groups in total. The number of amides is 2. The largest absolute Gasteiger partial charge is 0.377 e. The highest BCUT2D eigenvalue weighted by molar-refractivity contribution is 6.06. The summed E-state index contributed by atoms with van der Waals surface area (Å²) in [7, 11) is 3.93. The van der Waals surface area contributed by atoms with Crippen LogP contribution in [-0.4, -0.2) is 38.5 Å². The zero-order valence-electron chi connectivity index (χ0n) is 12.4. The molecule has 2 rings (SSSR count). The minimum Gasteiger partial charge on any atom is -0.377 e. The summed E-state index contributed by atoms with van der Waals surface area (Å²) < 4.78 is 0. The van der Waals surface area contributed by atoms with Crippen molar-refractivity contribution in [3.05, 3.63) is 23.8 Å². The van der Waals surface area contributed by atoms with Crippen molar-refractivity contribution < 1.29 is 9.59 Å². The third-order valence-corrected chi connectivity index (χ3v) is 3.64. The Hall–Kier alpha value is -2.04. The Morgan fingerprint density at radius 3 is 2.65 bits per heavy atom. The monoisotopic (exact) mass is 275 g/mol. The fourth-order valence-electron chi connectivity index (χ4n) is 2.58. The summed E-state index contributed by atoms with van der Waals surface area (Å²) in [6, 6.07) is 5.43. The van der Waals surface area contributed by atoms with Gasteiger partial charge in [-0.1, -0.05) is 13.0 Å². The van der Waals surface area contributed by atoms with E-state index in [1.165, 1.54) is 0 Å². The van der Waals surface area contributed by atoms with Gasteiger partial charge in [-0.05, 0) is 31.0 Å². The molecular formula is C15H21N3O2. The fourth-order valence-corrected chi connectivity index (χ4v) is 2.58. The van der Waals surface area contributed by atoms with Gasteiger partial charge >= 0.3 is 0 Å². The smallest absolute Gasteiger partial charge is 0.247 e. The molecule has 5 nitrogen and oxygen atoms in total. The minimum atomic E-state index is -0.422. The number of nitrogens with zero attached hydrogens (tertiary/aromatic N) is 2. The molecule has 1 aliphatic rings. The number of rotatable bonds is 3. The predicted octanol–water partition coefficient (Wildman–Crippen LogP) is 1.30. The number of carbonyl (C=O) groups excluding carboxylic acids is 2. The van der Waals surface area contributed by atoms with Crippen molar-refractivity contribution in [3.63, 3.8) is 0 Å². The lowest BCUT2D eigenvalue weighted by atomic mass is 10.1. The van der Waals surface area contributed by atoms with Gasteiger partial charge in [0.05, 0.1) is 6.54 Å². The van der Waals surface area contributed by atoms with E-state index in [2.05, 4.69) is 5.32 Å². The summed E-state index contributed by atoms with van der Waals surface area (Å²) in [6.45, 7) is 4.01. The van der Waals surface area contributed by atoms with Crippen LogP contribution >= 0.6 is 0 Å². The summed E-state index contributed by atoms with van der Waals surface area (Å²) >= 11 is 0. The normalized spacial score (nSPS) is 19.0. The second-order valence-electron chi connectivity index (χ2n) is 5.27. The van der Waals surface area contributed by atoms with Crippen molar-refractivity contribution in [2.45, 2.75) is 26.3 Å². The van der Waals surface area contributed by atoms with Crippen molar-refractivity contribution >= 4 is 23.2 Å². The second-order valence-corrected chi connectivity index (χ2v) is 5.27. The number of piperazine rings is 1. The van der Waals surface area contributed by atoms with Gasteiger partial charge in [0, 0.05) is 25.5 Å². The molecule has 0 aliphatic carbocycles. The summed E-state index contributed by atoms with van der Waals surface area (Å²) in [5.74, 6) is -0.149. The van der Waals surface area contributed by atoms with Crippen LogP contribution in [0.4, 0.5) is 11.4 Å². The molecule has 1 aromatic rings. The standard InChI is InChI=1S/C15H21N3O2/c1-5-12-15(20)16-9-14(19)18(12)11-7-6-10(2)13(8-11)17(3)4/h6-8,12H,5,9H2,1-4H3,(H,16,20). The van der Waals surface area contributed by atoms with E-state index < -0.39 is 6.04 Å². The maximum Gasteiger partial charge on any atom is 0.247 e. The van der Waals surface area contributed by atoms with E-state index in [-0.39, 0.29) is 18.4 Å². The van der Waals surface area contributed by atoms with E-state index in [1.54, 1.807) is 4.90 Å². The van der Waals surface area contributed by atoms with E-state index in [0.717, 1.165) is 16.9 Å². The van der Waals surface area contributed by atoms with Crippen molar-refractivity contribution in [1.82, 2.24) is 5.32 Å². The Balaban J connectivity index is 2.44. The quantitative estimate of drug-likeness (QED) is 0.904. The van der Waals surface area contributed by atoms with Gasteiger partial charge in [-0.3, -0.25) is 14.5 Å². The molecule has 108 valence electrons. The maximum atomic E-state index is 12.2. The molecule has 0 bridgehead atoms. The summed E-state index contributed by atoms with van der Waals surface area (Å²) in [5.41, 5.74) is 2.97. The number of hydrogen-bond acceptors (Lipinski definition) is 3. The molecule has 20 heavy (non-hydrogen) atoms. The first-order valence-corrected chi connectivity index (χ1v) is 6.83. The lowest BCUT2D eigenvalue weighted by Crippen LogP contribution is -2.58. The lowest BCUT2D eigenvalue weighted by molar-refractivity contribution is -0.131. The summed E-state index contributed by atoms with van der Waals surface area (Å²) in [5, 5.41) is 2.64. The third kappa shape index (κ3) is 2.48. The molecule has 5 heteroatoms. The Kier molecular flexibility index (Phi) is 3.97. The van der Waals surface area contributed by atoms with Gasteiger partial charge in [-0.2, -0.15) is 0 Å². The molecule has 1 saturated heterocycles. The Bertz CT molecular complexity index is 540. The van der Waals surface area contributed by atoms with Gasteiger partial charge in [0.1, 0.15) is 6.04 Å². The number of anilines is 2.